The number of amides is 1. The molecule has 1 aliphatic rings. The van der Waals surface area contributed by atoms with Crippen molar-refractivity contribution in [1.29, 1.82) is 0 Å². The summed E-state index contributed by atoms with van der Waals surface area (Å²) in [6.45, 7) is 1.38. The predicted octanol–water partition coefficient (Wildman–Crippen LogP) is 1.61. The molecule has 1 fully saturated rings. The van der Waals surface area contributed by atoms with Crippen LogP contribution in [-0.4, -0.2) is 54.1 Å². The predicted molar refractivity (Wildman–Crippen MR) is 90.4 cm³/mol. The molecule has 1 N–H and O–H groups in total. The third-order valence-electron chi connectivity index (χ3n) is 4.51. The number of hydrogen-bond acceptors (Lipinski definition) is 5. The largest absolute Gasteiger partial charge is 0.348 e. The minimum absolute atomic E-state index is 0.0269. The van der Waals surface area contributed by atoms with E-state index in [0.29, 0.717) is 17.9 Å². The summed E-state index contributed by atoms with van der Waals surface area (Å²) >= 11 is 0. The van der Waals surface area contributed by atoms with Crippen LogP contribution in [0.5, 0.6) is 0 Å². The van der Waals surface area contributed by atoms with Crippen LogP contribution in [-0.2, 0) is 11.3 Å². The fourth-order valence-corrected chi connectivity index (χ4v) is 3.17. The first-order valence-electron chi connectivity index (χ1n) is 8.50. The number of aromatic nitrogens is 6. The molecule has 0 aliphatic carbocycles. The van der Waals surface area contributed by atoms with Crippen molar-refractivity contribution in [2.75, 3.05) is 13.1 Å². The lowest BCUT2D eigenvalue weighted by molar-refractivity contribution is -0.133. The molecule has 0 bridgehead atoms. The number of benzene rings is 1. The summed E-state index contributed by atoms with van der Waals surface area (Å²) in [5, 5.41) is 12.1. The van der Waals surface area contributed by atoms with Gasteiger partial charge in [0.25, 0.3) is 0 Å². The Labute approximate surface area is 149 Å². The molecule has 3 aromatic rings. The van der Waals surface area contributed by atoms with Crippen LogP contribution in [0.4, 0.5) is 4.39 Å². The fourth-order valence-electron chi connectivity index (χ4n) is 3.17. The Balaban J connectivity index is 1.41. The van der Waals surface area contributed by atoms with Crippen LogP contribution in [0.25, 0.3) is 11.4 Å². The molecule has 3 heterocycles. The first-order chi connectivity index (χ1) is 12.7. The molecule has 0 saturated carbocycles. The van der Waals surface area contributed by atoms with Gasteiger partial charge in [0, 0.05) is 37.0 Å². The number of hydrogen-bond donors (Lipinski definition) is 1. The maximum absolute atomic E-state index is 13.0. The number of carbonyl (C=O) groups is 1. The highest BCUT2D eigenvalue weighted by Crippen LogP contribution is 2.24. The number of nitrogens with one attached hydrogen (secondary N) is 1. The van der Waals surface area contributed by atoms with Crippen LogP contribution in [0, 0.1) is 5.82 Å². The van der Waals surface area contributed by atoms with Crippen molar-refractivity contribution in [1.82, 2.24) is 35.1 Å². The summed E-state index contributed by atoms with van der Waals surface area (Å²) < 4.78 is 13.0. The number of likely N-dealkylation sites (tertiary alicyclic amines) is 1. The Morgan fingerprint density at radius 2 is 2.15 bits per heavy atom. The molecule has 1 aromatic carbocycles. The summed E-state index contributed by atoms with van der Waals surface area (Å²) in [4.78, 5) is 23.1. The Morgan fingerprint density at radius 1 is 1.31 bits per heavy atom. The Kier molecular flexibility index (Phi) is 4.42. The van der Waals surface area contributed by atoms with E-state index in [1.165, 1.54) is 16.9 Å². The van der Waals surface area contributed by atoms with Crippen molar-refractivity contribution < 1.29 is 9.18 Å². The van der Waals surface area contributed by atoms with E-state index in [2.05, 4.69) is 25.4 Å². The van der Waals surface area contributed by atoms with Crippen molar-refractivity contribution in [3.8, 4) is 11.4 Å². The Bertz CT molecular complexity index is 875. The van der Waals surface area contributed by atoms with Crippen molar-refractivity contribution in [2.45, 2.75) is 25.3 Å². The average Bonchev–Trinajstić information content (AvgIpc) is 3.34. The lowest BCUT2D eigenvalue weighted by Gasteiger charge is -2.31. The molecule has 4 rings (SSSR count). The number of aromatic amines is 1. The van der Waals surface area contributed by atoms with E-state index in [9.17, 15) is 9.18 Å². The minimum Gasteiger partial charge on any atom is -0.348 e. The van der Waals surface area contributed by atoms with Gasteiger partial charge in [-0.1, -0.05) is 0 Å². The molecule has 0 unspecified atom stereocenters. The molecule has 8 nitrogen and oxygen atoms in total. The Morgan fingerprint density at radius 3 is 2.92 bits per heavy atom. The fraction of sp³-hybridized carbons (Fsp3) is 0.353. The van der Waals surface area contributed by atoms with E-state index in [0.717, 1.165) is 25.2 Å². The van der Waals surface area contributed by atoms with Gasteiger partial charge in [-0.25, -0.2) is 9.37 Å². The molecule has 26 heavy (non-hydrogen) atoms. The molecule has 1 atom stereocenters. The lowest BCUT2D eigenvalue weighted by Crippen LogP contribution is -2.41. The van der Waals surface area contributed by atoms with Gasteiger partial charge in [0.1, 0.15) is 18.2 Å². The molecular formula is C17H18FN7O. The third kappa shape index (κ3) is 3.46. The number of piperidine rings is 1. The summed E-state index contributed by atoms with van der Waals surface area (Å²) in [7, 11) is 0. The third-order valence-corrected chi connectivity index (χ3v) is 4.51. The van der Waals surface area contributed by atoms with Crippen LogP contribution >= 0.6 is 0 Å². The number of halogens is 1. The van der Waals surface area contributed by atoms with E-state index >= 15 is 0 Å². The summed E-state index contributed by atoms with van der Waals surface area (Å²) in [5.41, 5.74) is 0.654. The number of imidazole rings is 1. The van der Waals surface area contributed by atoms with Crippen molar-refractivity contribution in [2.24, 2.45) is 0 Å². The van der Waals surface area contributed by atoms with Crippen LogP contribution in [0.1, 0.15) is 24.6 Å². The SMILES string of the molecule is O=C(Cn1nnc(-c2ccc(F)cc2)n1)N1CCC[C@@H](c2ncc[nH]2)C1. The molecule has 0 radical (unpaired) electrons. The normalized spacial score (nSPS) is 17.4. The molecule has 0 spiro atoms. The van der Waals surface area contributed by atoms with Gasteiger partial charge in [-0.15, -0.1) is 10.2 Å². The molecule has 1 aliphatic heterocycles. The smallest absolute Gasteiger partial charge is 0.246 e. The quantitative estimate of drug-likeness (QED) is 0.767. The zero-order chi connectivity index (χ0) is 17.9. The topological polar surface area (TPSA) is 92.6 Å². The van der Waals surface area contributed by atoms with E-state index in [1.807, 2.05) is 4.90 Å². The first kappa shape index (κ1) is 16.4. The van der Waals surface area contributed by atoms with Gasteiger partial charge in [-0.05, 0) is 42.3 Å². The van der Waals surface area contributed by atoms with E-state index < -0.39 is 0 Å². The van der Waals surface area contributed by atoms with Gasteiger partial charge < -0.3 is 9.88 Å². The second kappa shape index (κ2) is 7.03. The summed E-state index contributed by atoms with van der Waals surface area (Å²) in [5.74, 6) is 1.13. The van der Waals surface area contributed by atoms with Gasteiger partial charge in [0.2, 0.25) is 11.7 Å². The number of nitrogens with zero attached hydrogens (tertiary/aromatic N) is 6. The highest BCUT2D eigenvalue weighted by atomic mass is 19.1. The number of H-pyrrole nitrogens is 1. The molecule has 1 amide bonds. The zero-order valence-electron chi connectivity index (χ0n) is 14.0. The van der Waals surface area contributed by atoms with Crippen molar-refractivity contribution in [3.05, 3.63) is 48.3 Å². The second-order valence-electron chi connectivity index (χ2n) is 6.30. The highest BCUT2D eigenvalue weighted by molar-refractivity contribution is 5.76. The molecule has 1 saturated heterocycles. The second-order valence-corrected chi connectivity index (χ2v) is 6.30. The summed E-state index contributed by atoms with van der Waals surface area (Å²) in [6, 6.07) is 5.83. The highest BCUT2D eigenvalue weighted by Gasteiger charge is 2.26. The Hall–Kier alpha value is -3.10. The van der Waals surface area contributed by atoms with E-state index in [1.54, 1.807) is 24.5 Å². The molecule has 2 aromatic heterocycles. The van der Waals surface area contributed by atoms with Crippen LogP contribution in [0.3, 0.4) is 0 Å². The van der Waals surface area contributed by atoms with Crippen LogP contribution < -0.4 is 0 Å². The standard InChI is InChI=1S/C17H18FN7O/c18-14-5-3-12(4-6-14)17-21-23-25(22-17)11-15(26)24-9-1-2-13(10-24)16-19-7-8-20-16/h3-8,13H,1-2,9-11H2,(H,19,20)/t13-/m1/s1. The van der Waals surface area contributed by atoms with Gasteiger partial charge >= 0.3 is 0 Å². The monoisotopic (exact) mass is 355 g/mol. The van der Waals surface area contributed by atoms with Gasteiger partial charge in [0.15, 0.2) is 0 Å². The van der Waals surface area contributed by atoms with Gasteiger partial charge in [-0.3, -0.25) is 4.79 Å². The average molecular weight is 355 g/mol. The number of tetrazole rings is 1. The van der Waals surface area contributed by atoms with Gasteiger partial charge in [0.05, 0.1) is 0 Å². The minimum atomic E-state index is -0.326. The molecule has 9 heteroatoms. The van der Waals surface area contributed by atoms with E-state index in [4.69, 9.17) is 0 Å². The number of rotatable bonds is 4. The number of carbonyl (C=O) groups excluding carboxylic acids is 1. The maximum atomic E-state index is 13.0. The molecular weight excluding hydrogens is 337 g/mol. The summed E-state index contributed by atoms with van der Waals surface area (Å²) in [6.07, 6.45) is 5.47. The first-order valence-corrected chi connectivity index (χ1v) is 8.50. The molecule has 134 valence electrons. The van der Waals surface area contributed by atoms with Gasteiger partial charge in [-0.2, -0.15) is 4.80 Å². The maximum Gasteiger partial charge on any atom is 0.246 e. The lowest BCUT2D eigenvalue weighted by atomic mass is 9.97. The van der Waals surface area contributed by atoms with E-state index in [-0.39, 0.29) is 24.2 Å². The van der Waals surface area contributed by atoms with Crippen LogP contribution in [0.15, 0.2) is 36.7 Å². The van der Waals surface area contributed by atoms with Crippen molar-refractivity contribution in [3.63, 3.8) is 0 Å². The van der Waals surface area contributed by atoms with Crippen molar-refractivity contribution >= 4 is 5.91 Å². The zero-order valence-corrected chi connectivity index (χ0v) is 14.0. The van der Waals surface area contributed by atoms with Crippen LogP contribution in [0.2, 0.25) is 0 Å².